The number of carbonyl (C=O) groups is 3. The molecule has 0 aromatic carbocycles. The monoisotopic (exact) mass is 409 g/mol. The lowest BCUT2D eigenvalue weighted by Gasteiger charge is -2.31. The molecule has 1 unspecified atom stereocenters. The molecule has 9 nitrogen and oxygen atoms in total. The van der Waals surface area contributed by atoms with Gasteiger partial charge >= 0.3 is 0 Å². The van der Waals surface area contributed by atoms with Crippen molar-refractivity contribution in [3.05, 3.63) is 42.3 Å². The summed E-state index contributed by atoms with van der Waals surface area (Å²) in [4.78, 5) is 47.0. The van der Waals surface area contributed by atoms with E-state index in [1.165, 1.54) is 0 Å². The Kier molecular flexibility index (Phi) is 5.80. The molecule has 0 spiro atoms. The molecule has 0 radical (unpaired) electrons. The Bertz CT molecular complexity index is 979. The molecular formula is C21H23N5O4. The summed E-state index contributed by atoms with van der Waals surface area (Å²) in [5.41, 5.74) is 1.25. The summed E-state index contributed by atoms with van der Waals surface area (Å²) in [6, 6.07) is 0. The maximum absolute atomic E-state index is 12.5. The quantitative estimate of drug-likeness (QED) is 0.651. The molecule has 2 aliphatic heterocycles. The van der Waals surface area contributed by atoms with Gasteiger partial charge in [-0.15, -0.1) is 0 Å². The fourth-order valence-electron chi connectivity index (χ4n) is 3.78. The standard InChI is InChI=1S/C21H23N5O4/c1-25-11-15(10-22-25)20(28)14-6-8-26(9-7-14)19(27)13-30-12-18-23-17-5-3-2-4-16(17)21(29)24-18/h2-5,10-11,14,16H,6-9,12-13H2,1H3. The highest BCUT2D eigenvalue weighted by atomic mass is 16.5. The van der Waals surface area contributed by atoms with Gasteiger partial charge in [0.05, 0.1) is 17.5 Å². The molecule has 1 aromatic heterocycles. The van der Waals surface area contributed by atoms with Crippen LogP contribution in [-0.2, 0) is 21.4 Å². The van der Waals surface area contributed by atoms with Crippen molar-refractivity contribution in [1.82, 2.24) is 14.7 Å². The van der Waals surface area contributed by atoms with Crippen LogP contribution in [0.1, 0.15) is 23.2 Å². The van der Waals surface area contributed by atoms with E-state index in [2.05, 4.69) is 15.1 Å². The van der Waals surface area contributed by atoms with Gasteiger partial charge in [-0.1, -0.05) is 18.2 Å². The molecule has 1 fully saturated rings. The number of allylic oxidation sites excluding steroid dienone is 3. The third kappa shape index (κ3) is 4.35. The Morgan fingerprint density at radius 1 is 1.20 bits per heavy atom. The first-order valence-electron chi connectivity index (χ1n) is 9.94. The molecule has 3 heterocycles. The highest BCUT2D eigenvalue weighted by molar-refractivity contribution is 6.21. The van der Waals surface area contributed by atoms with Gasteiger partial charge in [0.1, 0.15) is 19.1 Å². The van der Waals surface area contributed by atoms with Gasteiger partial charge in [-0.05, 0) is 18.9 Å². The highest BCUT2D eigenvalue weighted by Crippen LogP contribution is 2.22. The average Bonchev–Trinajstić information content (AvgIpc) is 3.19. The number of fused-ring (bicyclic) bond motifs is 1. The van der Waals surface area contributed by atoms with E-state index >= 15 is 0 Å². The van der Waals surface area contributed by atoms with Gasteiger partial charge in [0.2, 0.25) is 5.91 Å². The van der Waals surface area contributed by atoms with Crippen LogP contribution in [0.5, 0.6) is 0 Å². The number of hydrogen-bond donors (Lipinski definition) is 0. The van der Waals surface area contributed by atoms with Crippen LogP contribution in [-0.4, -0.2) is 70.1 Å². The van der Waals surface area contributed by atoms with Crippen LogP contribution in [0.15, 0.2) is 46.7 Å². The minimum atomic E-state index is -0.420. The van der Waals surface area contributed by atoms with Crippen molar-refractivity contribution in [3.63, 3.8) is 0 Å². The summed E-state index contributed by atoms with van der Waals surface area (Å²) in [5, 5.41) is 4.04. The minimum Gasteiger partial charge on any atom is -0.364 e. The van der Waals surface area contributed by atoms with Crippen molar-refractivity contribution in [2.75, 3.05) is 26.3 Å². The largest absolute Gasteiger partial charge is 0.364 e. The zero-order valence-corrected chi connectivity index (χ0v) is 16.7. The minimum absolute atomic E-state index is 0.00120. The van der Waals surface area contributed by atoms with Gasteiger partial charge in [0, 0.05) is 32.3 Å². The molecule has 0 N–H and O–H groups in total. The van der Waals surface area contributed by atoms with E-state index in [9.17, 15) is 14.4 Å². The summed E-state index contributed by atoms with van der Waals surface area (Å²) in [6.45, 7) is 0.915. The lowest BCUT2D eigenvalue weighted by Crippen LogP contribution is -2.42. The number of nitrogens with zero attached hydrogens (tertiary/aromatic N) is 5. The van der Waals surface area contributed by atoms with E-state index in [4.69, 9.17) is 4.74 Å². The van der Waals surface area contributed by atoms with E-state index in [0.29, 0.717) is 37.2 Å². The molecule has 1 saturated heterocycles. The van der Waals surface area contributed by atoms with Gasteiger partial charge in [0.15, 0.2) is 11.6 Å². The van der Waals surface area contributed by atoms with E-state index in [0.717, 1.165) is 0 Å². The fraction of sp³-hybridized carbons (Fsp3) is 0.429. The molecule has 9 heteroatoms. The third-order valence-corrected chi connectivity index (χ3v) is 5.43. The number of likely N-dealkylation sites (tertiary alicyclic amines) is 1. The Morgan fingerprint density at radius 2 is 2.00 bits per heavy atom. The molecular weight excluding hydrogens is 386 g/mol. The second kappa shape index (κ2) is 8.66. The van der Waals surface area contributed by atoms with Gasteiger partial charge in [-0.25, -0.2) is 4.99 Å². The van der Waals surface area contributed by atoms with Gasteiger partial charge in [-0.3, -0.25) is 19.1 Å². The fourth-order valence-corrected chi connectivity index (χ4v) is 3.78. The Balaban J connectivity index is 1.22. The number of carbonyl (C=O) groups excluding carboxylic acids is 3. The van der Waals surface area contributed by atoms with Crippen LogP contribution in [0.3, 0.4) is 0 Å². The number of aliphatic imine (C=N–C) groups is 2. The van der Waals surface area contributed by atoms with Crippen molar-refractivity contribution in [2.45, 2.75) is 12.8 Å². The summed E-state index contributed by atoms with van der Waals surface area (Å²) >= 11 is 0. The van der Waals surface area contributed by atoms with Crippen molar-refractivity contribution in [2.24, 2.45) is 28.9 Å². The number of ether oxygens (including phenoxy) is 1. The molecule has 2 amide bonds. The normalized spacial score (nSPS) is 21.3. The van der Waals surface area contributed by atoms with Crippen LogP contribution in [0.25, 0.3) is 0 Å². The number of Topliss-reactive ketones (excluding diaryl/α,β-unsaturated/α-hetero) is 1. The van der Waals surface area contributed by atoms with Crippen molar-refractivity contribution < 1.29 is 19.1 Å². The second-order valence-electron chi connectivity index (χ2n) is 7.54. The topological polar surface area (TPSA) is 106 Å². The van der Waals surface area contributed by atoms with Crippen LogP contribution in [0, 0.1) is 11.8 Å². The smallest absolute Gasteiger partial charge is 0.260 e. The summed E-state index contributed by atoms with van der Waals surface area (Å²) in [5.74, 6) is -0.573. The van der Waals surface area contributed by atoms with Crippen molar-refractivity contribution >= 4 is 29.1 Å². The molecule has 0 saturated carbocycles. The zero-order valence-electron chi connectivity index (χ0n) is 16.7. The summed E-state index contributed by atoms with van der Waals surface area (Å²) in [7, 11) is 1.78. The van der Waals surface area contributed by atoms with Crippen LogP contribution < -0.4 is 0 Å². The number of rotatable bonds is 6. The molecule has 156 valence electrons. The summed E-state index contributed by atoms with van der Waals surface area (Å²) < 4.78 is 7.07. The average molecular weight is 409 g/mol. The van der Waals surface area contributed by atoms with E-state index in [1.807, 2.05) is 6.08 Å². The lowest BCUT2D eigenvalue weighted by atomic mass is 9.90. The predicted octanol–water partition coefficient (Wildman–Crippen LogP) is 0.980. The first-order chi connectivity index (χ1) is 14.5. The number of hydrogen-bond acceptors (Lipinski definition) is 6. The first kappa shape index (κ1) is 20.1. The van der Waals surface area contributed by atoms with Gasteiger partial charge < -0.3 is 9.64 Å². The van der Waals surface area contributed by atoms with E-state index < -0.39 is 5.92 Å². The van der Waals surface area contributed by atoms with Gasteiger partial charge in [-0.2, -0.15) is 10.1 Å². The molecule has 1 aromatic rings. The maximum Gasteiger partial charge on any atom is 0.260 e. The Labute approximate surface area is 173 Å². The van der Waals surface area contributed by atoms with Crippen LogP contribution in [0.4, 0.5) is 0 Å². The molecule has 1 atom stereocenters. The highest BCUT2D eigenvalue weighted by Gasteiger charge is 2.29. The number of piperidine rings is 1. The van der Waals surface area contributed by atoms with Gasteiger partial charge in [0.25, 0.3) is 5.91 Å². The predicted molar refractivity (Wildman–Crippen MR) is 109 cm³/mol. The molecule has 0 bridgehead atoms. The molecule has 4 rings (SSSR count). The zero-order chi connectivity index (χ0) is 21.1. The van der Waals surface area contributed by atoms with E-state index in [-0.39, 0.29) is 42.6 Å². The van der Waals surface area contributed by atoms with Crippen LogP contribution in [0.2, 0.25) is 0 Å². The maximum atomic E-state index is 12.5. The molecule has 3 aliphatic rings. The SMILES string of the molecule is Cn1cc(C(=O)C2CCN(C(=O)COCC3=NC(=O)C4C=CC=CC4=N3)CC2)cn1. The first-order valence-corrected chi connectivity index (χ1v) is 9.94. The number of ketones is 1. The van der Waals surface area contributed by atoms with Crippen molar-refractivity contribution in [1.29, 1.82) is 0 Å². The second-order valence-corrected chi connectivity index (χ2v) is 7.54. The lowest BCUT2D eigenvalue weighted by molar-refractivity contribution is -0.136. The number of aromatic nitrogens is 2. The van der Waals surface area contributed by atoms with Crippen LogP contribution >= 0.6 is 0 Å². The van der Waals surface area contributed by atoms with E-state index in [1.54, 1.807) is 47.3 Å². The molecule has 1 aliphatic carbocycles. The summed E-state index contributed by atoms with van der Waals surface area (Å²) in [6.07, 6.45) is 11.7. The number of amides is 2. The van der Waals surface area contributed by atoms with Crippen molar-refractivity contribution in [3.8, 4) is 0 Å². The number of aryl methyl sites for hydroxylation is 1. The third-order valence-electron chi connectivity index (χ3n) is 5.43. The Hall–Kier alpha value is -3.20. The number of amidine groups is 1. The Morgan fingerprint density at radius 3 is 2.73 bits per heavy atom. The molecule has 30 heavy (non-hydrogen) atoms.